The van der Waals surface area contributed by atoms with Crippen molar-refractivity contribution >= 4 is 5.71 Å². The number of nitrogens with zero attached hydrogens (tertiary/aromatic N) is 1. The van der Waals surface area contributed by atoms with Crippen LogP contribution in [0.4, 0.5) is 0 Å². The summed E-state index contributed by atoms with van der Waals surface area (Å²) in [7, 11) is 0. The molecule has 0 fully saturated rings. The highest BCUT2D eigenvalue weighted by atomic mass is 16.5. The van der Waals surface area contributed by atoms with E-state index in [0.29, 0.717) is 12.6 Å². The molecule has 0 bridgehead atoms. The number of hydrogen-bond acceptors (Lipinski definition) is 3. The van der Waals surface area contributed by atoms with E-state index in [9.17, 15) is 0 Å². The molecular weight excluding hydrogens is 164 g/mol. The Morgan fingerprint density at radius 1 is 1.38 bits per heavy atom. The molecule has 1 aromatic carbocycles. The molecule has 66 valence electrons. The average Bonchev–Trinajstić information content (AvgIpc) is 2.65. The van der Waals surface area contributed by atoms with Crippen LogP contribution in [0.3, 0.4) is 0 Å². The molecule has 3 rings (SSSR count). The third kappa shape index (κ3) is 0.971. The van der Waals surface area contributed by atoms with Gasteiger partial charge in [-0.25, -0.2) is 0 Å². The van der Waals surface area contributed by atoms with Crippen molar-refractivity contribution in [3.63, 3.8) is 0 Å². The minimum absolute atomic E-state index is 0.301. The Bertz CT molecular complexity index is 373. The lowest BCUT2D eigenvalue weighted by atomic mass is 10.0. The highest BCUT2D eigenvalue weighted by molar-refractivity contribution is 6.08. The van der Waals surface area contributed by atoms with Gasteiger partial charge in [-0.1, -0.05) is 12.1 Å². The van der Waals surface area contributed by atoms with Gasteiger partial charge in [0.2, 0.25) is 0 Å². The second-order valence-electron chi connectivity index (χ2n) is 3.27. The maximum Gasteiger partial charge on any atom is 0.128 e. The number of hydrogen-bond donors (Lipinski definition) is 1. The van der Waals surface area contributed by atoms with Crippen molar-refractivity contribution in [2.75, 3.05) is 13.3 Å². The molecule has 13 heavy (non-hydrogen) atoms. The van der Waals surface area contributed by atoms with Crippen LogP contribution in [0, 0.1) is 0 Å². The third-order valence-electron chi connectivity index (χ3n) is 2.49. The van der Waals surface area contributed by atoms with Crippen molar-refractivity contribution < 1.29 is 4.74 Å². The second kappa shape index (κ2) is 2.57. The normalized spacial score (nSPS) is 24.3. The molecule has 1 unspecified atom stereocenters. The molecule has 0 radical (unpaired) electrons. The van der Waals surface area contributed by atoms with Crippen LogP contribution in [-0.4, -0.2) is 25.0 Å². The van der Waals surface area contributed by atoms with Gasteiger partial charge in [-0.3, -0.25) is 10.3 Å². The minimum Gasteiger partial charge on any atom is -0.491 e. The predicted molar refractivity (Wildman–Crippen MR) is 50.3 cm³/mol. The lowest BCUT2D eigenvalue weighted by Gasteiger charge is -2.22. The Hall–Kier alpha value is -1.35. The second-order valence-corrected chi connectivity index (χ2v) is 3.27. The Morgan fingerprint density at radius 3 is 3.31 bits per heavy atom. The van der Waals surface area contributed by atoms with Gasteiger partial charge in [-0.15, -0.1) is 0 Å². The molecule has 1 aromatic rings. The maximum absolute atomic E-state index is 5.59. The molecule has 0 amide bonds. The monoisotopic (exact) mass is 174 g/mol. The molecule has 2 heterocycles. The zero-order valence-corrected chi connectivity index (χ0v) is 7.16. The first-order valence-electron chi connectivity index (χ1n) is 4.45. The fourth-order valence-corrected chi connectivity index (χ4v) is 1.84. The predicted octanol–water partition coefficient (Wildman–Crippen LogP) is 0.797. The van der Waals surface area contributed by atoms with E-state index in [0.717, 1.165) is 23.7 Å². The van der Waals surface area contributed by atoms with Crippen LogP contribution in [0.15, 0.2) is 29.3 Å². The van der Waals surface area contributed by atoms with E-state index < -0.39 is 0 Å². The number of ether oxygens (including phenoxy) is 1. The van der Waals surface area contributed by atoms with Gasteiger partial charge >= 0.3 is 0 Å². The largest absolute Gasteiger partial charge is 0.491 e. The lowest BCUT2D eigenvalue weighted by Crippen LogP contribution is -2.39. The van der Waals surface area contributed by atoms with Crippen molar-refractivity contribution in [1.82, 2.24) is 5.32 Å². The fraction of sp³-hybridized carbons (Fsp3) is 0.300. The summed E-state index contributed by atoms with van der Waals surface area (Å²) < 4.78 is 5.59. The summed E-state index contributed by atoms with van der Waals surface area (Å²) in [6, 6.07) is 8.36. The van der Waals surface area contributed by atoms with E-state index in [1.165, 1.54) is 0 Å². The van der Waals surface area contributed by atoms with Gasteiger partial charge in [-0.05, 0) is 12.1 Å². The SMILES string of the molecule is c1ccc2c(c1)OCC1NCN=C21. The topological polar surface area (TPSA) is 33.6 Å². The summed E-state index contributed by atoms with van der Waals surface area (Å²) in [5.74, 6) is 0.959. The summed E-state index contributed by atoms with van der Waals surface area (Å²) in [5.41, 5.74) is 2.30. The summed E-state index contributed by atoms with van der Waals surface area (Å²) in [4.78, 5) is 4.42. The van der Waals surface area contributed by atoms with Gasteiger partial charge in [0.1, 0.15) is 12.4 Å². The number of rotatable bonds is 0. The maximum atomic E-state index is 5.59. The Labute approximate surface area is 76.4 Å². The summed E-state index contributed by atoms with van der Waals surface area (Å²) in [6.45, 7) is 1.42. The van der Waals surface area contributed by atoms with Crippen LogP contribution in [0.1, 0.15) is 5.56 Å². The molecule has 0 saturated heterocycles. The first kappa shape index (κ1) is 7.09. The highest BCUT2D eigenvalue weighted by Gasteiger charge is 2.28. The van der Waals surface area contributed by atoms with Gasteiger partial charge < -0.3 is 4.74 Å². The number of para-hydroxylation sites is 1. The highest BCUT2D eigenvalue weighted by Crippen LogP contribution is 2.25. The van der Waals surface area contributed by atoms with Gasteiger partial charge in [0, 0.05) is 5.56 Å². The zero-order chi connectivity index (χ0) is 8.67. The van der Waals surface area contributed by atoms with Crippen LogP contribution in [0.25, 0.3) is 0 Å². The Morgan fingerprint density at radius 2 is 2.31 bits per heavy atom. The van der Waals surface area contributed by atoms with Crippen LogP contribution < -0.4 is 10.1 Å². The minimum atomic E-state index is 0.301. The van der Waals surface area contributed by atoms with Crippen LogP contribution in [-0.2, 0) is 0 Å². The molecule has 3 nitrogen and oxygen atoms in total. The van der Waals surface area contributed by atoms with Crippen molar-refractivity contribution in [2.24, 2.45) is 4.99 Å². The smallest absolute Gasteiger partial charge is 0.128 e. The standard InChI is InChI=1S/C10H10N2O/c1-2-4-9-7(3-1)10-8(5-13-9)11-6-12-10/h1-4,8,11H,5-6H2. The number of fused-ring (bicyclic) bond motifs is 3. The van der Waals surface area contributed by atoms with Crippen LogP contribution in [0.5, 0.6) is 5.75 Å². The lowest BCUT2D eigenvalue weighted by molar-refractivity contribution is 0.291. The van der Waals surface area contributed by atoms with E-state index >= 15 is 0 Å². The van der Waals surface area contributed by atoms with E-state index in [1.807, 2.05) is 18.2 Å². The molecular formula is C10H10N2O. The zero-order valence-electron chi connectivity index (χ0n) is 7.16. The molecule has 2 aliphatic heterocycles. The van der Waals surface area contributed by atoms with Crippen molar-refractivity contribution in [1.29, 1.82) is 0 Å². The van der Waals surface area contributed by atoms with E-state index in [2.05, 4.69) is 16.4 Å². The molecule has 0 aromatic heterocycles. The molecule has 0 aliphatic carbocycles. The van der Waals surface area contributed by atoms with Gasteiger partial charge in [-0.2, -0.15) is 0 Å². The van der Waals surface area contributed by atoms with Gasteiger partial charge in [0.25, 0.3) is 0 Å². The van der Waals surface area contributed by atoms with E-state index in [-0.39, 0.29) is 0 Å². The van der Waals surface area contributed by atoms with Crippen molar-refractivity contribution in [3.05, 3.63) is 29.8 Å². The molecule has 2 aliphatic rings. The quantitative estimate of drug-likeness (QED) is 0.631. The molecule has 0 saturated carbocycles. The number of nitrogens with one attached hydrogen (secondary N) is 1. The summed E-state index contributed by atoms with van der Waals surface area (Å²) in [6.07, 6.45) is 0. The summed E-state index contributed by atoms with van der Waals surface area (Å²) >= 11 is 0. The molecule has 1 atom stereocenters. The van der Waals surface area contributed by atoms with Crippen molar-refractivity contribution in [2.45, 2.75) is 6.04 Å². The number of benzene rings is 1. The van der Waals surface area contributed by atoms with Crippen LogP contribution in [0.2, 0.25) is 0 Å². The molecule has 3 heteroatoms. The van der Waals surface area contributed by atoms with E-state index in [1.54, 1.807) is 0 Å². The van der Waals surface area contributed by atoms with Crippen LogP contribution >= 0.6 is 0 Å². The Kier molecular flexibility index (Phi) is 1.40. The fourth-order valence-electron chi connectivity index (χ4n) is 1.84. The molecule has 1 N–H and O–H groups in total. The number of aliphatic imine (C=N–C) groups is 1. The Balaban J connectivity index is 2.15. The van der Waals surface area contributed by atoms with Gasteiger partial charge in [0.15, 0.2) is 0 Å². The average molecular weight is 174 g/mol. The first-order valence-corrected chi connectivity index (χ1v) is 4.45. The molecule has 0 spiro atoms. The first-order chi connectivity index (χ1) is 6.45. The van der Waals surface area contributed by atoms with Gasteiger partial charge in [0.05, 0.1) is 18.4 Å². The third-order valence-corrected chi connectivity index (χ3v) is 2.49. The van der Waals surface area contributed by atoms with Crippen molar-refractivity contribution in [3.8, 4) is 5.75 Å². The van der Waals surface area contributed by atoms with E-state index in [4.69, 9.17) is 4.74 Å². The summed E-state index contributed by atoms with van der Waals surface area (Å²) in [5, 5.41) is 3.27.